The van der Waals surface area contributed by atoms with Crippen molar-refractivity contribution < 1.29 is 193 Å². The third-order valence-electron chi connectivity index (χ3n) is 12.1. The Bertz CT molecular complexity index is 3500. The van der Waals surface area contributed by atoms with Gasteiger partial charge in [0.25, 0.3) is 24.2 Å². The summed E-state index contributed by atoms with van der Waals surface area (Å²) in [6.45, 7) is 13.2. The average molecular weight is 1470 g/mol. The van der Waals surface area contributed by atoms with E-state index in [1.54, 1.807) is 124 Å². The van der Waals surface area contributed by atoms with Gasteiger partial charge in [-0.1, -0.05) is 36.4 Å². The summed E-state index contributed by atoms with van der Waals surface area (Å²) in [6, 6.07) is 26.7. The van der Waals surface area contributed by atoms with Crippen LogP contribution >= 0.6 is 11.6 Å². The molecule has 0 radical (unpaired) electrons. The standard InChI is InChI=1S/C19H24N6O2.C18H20N6O3.C13H15ClN4O.C5H6N2O2.CH2O3.2Cs.H/c1-4-23(13-14-24-12-9-17(22-24)19(2,3)27)18(26)15-7-5-6-8-16(15)25-20-10-11-21-25;1-3-22(12-13-23-11-8-15(21-23)18(26)27-2)17(25)14-6-4-5-7-16(14)24-19-9-10-20-24;1-2-17(10-7-14)13(19)11-5-3-4-6-12(11)18-15-8-9-16-18;1-9-5(8)4-2-3-6-7-4;2-1-4-3;;;/h5-12,27H,4,13-14H2,1-3H3;4-11H,3,12-13H2,1-2H3;3-6,8-9H,2,7,10H2,1H3;2-3H,1H3,(H,6,7);1,3H;;;/q;;;;;2*+1;-1/p-1. The summed E-state index contributed by atoms with van der Waals surface area (Å²) in [5, 5.41) is 57.7. The van der Waals surface area contributed by atoms with Crippen LogP contribution in [0.4, 0.5) is 0 Å². The molecule has 88 heavy (non-hydrogen) atoms. The number of aliphatic hydroxyl groups is 1. The molecule has 0 saturated carbocycles. The molecule has 0 atom stereocenters. The van der Waals surface area contributed by atoms with Gasteiger partial charge in [-0.15, -0.1) is 11.6 Å². The normalized spacial score (nSPS) is 10.2. The summed E-state index contributed by atoms with van der Waals surface area (Å²) in [5.74, 6) is -0.728. The monoisotopic (exact) mass is 1470 g/mol. The molecule has 0 fully saturated rings. The average Bonchev–Trinajstić information content (AvgIpc) is 4.23. The number of H-pyrrole nitrogens is 1. The first-order valence-corrected chi connectivity index (χ1v) is 27.1. The van der Waals surface area contributed by atoms with Crippen LogP contribution in [0.25, 0.3) is 17.1 Å². The van der Waals surface area contributed by atoms with E-state index in [1.807, 2.05) is 75.5 Å². The van der Waals surface area contributed by atoms with E-state index in [4.69, 9.17) is 21.7 Å². The van der Waals surface area contributed by atoms with Gasteiger partial charge in [0.15, 0.2) is 5.69 Å². The number of esters is 2. The molecule has 0 saturated heterocycles. The summed E-state index contributed by atoms with van der Waals surface area (Å²) in [5.41, 5.74) is 3.82. The molecule has 32 heteroatoms. The predicted octanol–water partition coefficient (Wildman–Crippen LogP) is -2.01. The van der Waals surface area contributed by atoms with Gasteiger partial charge in [-0.25, -0.2) is 9.59 Å². The number of amides is 3. The van der Waals surface area contributed by atoms with Gasteiger partial charge >= 0.3 is 150 Å². The fraction of sp³-hybridized carbons (Fsp3) is 0.304. The number of aromatic amines is 1. The summed E-state index contributed by atoms with van der Waals surface area (Å²) >= 11 is 5.72. The number of halogens is 1. The molecule has 0 aliphatic carbocycles. The third-order valence-corrected chi connectivity index (χ3v) is 12.3. The number of ether oxygens (including phenoxy) is 2. The Morgan fingerprint density at radius 1 is 0.591 bits per heavy atom. The number of carbonyl (C=O) groups is 6. The van der Waals surface area contributed by atoms with Crippen molar-refractivity contribution in [1.82, 2.24) is 89.4 Å². The van der Waals surface area contributed by atoms with Crippen LogP contribution < -0.4 is 143 Å². The maximum Gasteiger partial charge on any atom is 1.00 e. The Balaban J connectivity index is 0.000000411. The number of likely N-dealkylation sites (N-methyl/N-ethyl adjacent to an activating group) is 2. The minimum atomic E-state index is -0.985. The fourth-order valence-electron chi connectivity index (χ4n) is 7.77. The second-order valence-electron chi connectivity index (χ2n) is 18.0. The van der Waals surface area contributed by atoms with E-state index in [9.17, 15) is 29.1 Å². The van der Waals surface area contributed by atoms with Gasteiger partial charge in [-0.3, -0.25) is 33.6 Å². The Morgan fingerprint density at radius 2 is 0.966 bits per heavy atom. The largest absolute Gasteiger partial charge is 1.00 e. The molecule has 0 spiro atoms. The molecular formula is C56H67ClCs2N18O11. The van der Waals surface area contributed by atoms with Gasteiger partial charge in [0.05, 0.1) is 104 Å². The van der Waals surface area contributed by atoms with Crippen LogP contribution in [0.5, 0.6) is 0 Å². The molecule has 9 aromatic rings. The van der Waals surface area contributed by atoms with E-state index in [0.29, 0.717) is 103 Å². The zero-order valence-corrected chi connectivity index (χ0v) is 63.6. The van der Waals surface area contributed by atoms with Gasteiger partial charge < -0.3 is 40.9 Å². The first-order chi connectivity index (χ1) is 41.6. The first kappa shape index (κ1) is 76.1. The number of para-hydroxylation sites is 3. The number of carbonyl (C=O) groups excluding carboxylic acids is 6. The Hall–Kier alpha value is -6.16. The van der Waals surface area contributed by atoms with E-state index in [-0.39, 0.29) is 169 Å². The SMILES string of the molecule is CCN(CCCl)C(=O)c1ccccc1-n1nccn1.CCN(CCn1ccc(C(=O)OC)n1)C(=O)c1ccccc1-n1nccn1.CCN(CCn1ccc(C(C)(C)O)n1)C(=O)c1ccccc1-n1nccn1.COC(=O)c1ccn[nH]1.O=CO[O-].[Cs+].[Cs+].[H-]. The van der Waals surface area contributed by atoms with E-state index in [2.05, 4.69) is 65.3 Å². The number of nitrogens with zero attached hydrogens (tertiary/aromatic N) is 17. The summed E-state index contributed by atoms with van der Waals surface area (Å²) in [7, 11) is 2.63. The number of rotatable bonds is 21. The molecule has 29 nitrogen and oxygen atoms in total. The maximum absolute atomic E-state index is 13.1. The van der Waals surface area contributed by atoms with Crippen molar-refractivity contribution in [3.8, 4) is 17.1 Å². The second-order valence-corrected chi connectivity index (χ2v) is 18.4. The molecule has 6 aromatic heterocycles. The number of alkyl halides is 1. The van der Waals surface area contributed by atoms with Crippen LogP contribution in [-0.2, 0) is 37.8 Å². The van der Waals surface area contributed by atoms with Crippen molar-refractivity contribution in [1.29, 1.82) is 0 Å². The van der Waals surface area contributed by atoms with Crippen LogP contribution in [0.1, 0.15) is 93.8 Å². The molecule has 6 heterocycles. The number of nitrogens with one attached hydrogen (secondary N) is 1. The van der Waals surface area contributed by atoms with Gasteiger partial charge in [0.2, 0.25) is 0 Å². The minimum absolute atomic E-state index is 0. The van der Waals surface area contributed by atoms with E-state index < -0.39 is 17.5 Å². The van der Waals surface area contributed by atoms with Crippen molar-refractivity contribution in [2.45, 2.75) is 53.3 Å². The van der Waals surface area contributed by atoms with E-state index >= 15 is 0 Å². The molecule has 9 rings (SSSR count). The first-order valence-electron chi connectivity index (χ1n) is 26.6. The molecule has 2 N–H and O–H groups in total. The van der Waals surface area contributed by atoms with Gasteiger partial charge in [0, 0.05) is 63.7 Å². The smallest absolute Gasteiger partial charge is 1.00 e. The Kier molecular flexibility index (Phi) is 35.0. The van der Waals surface area contributed by atoms with Crippen molar-refractivity contribution in [2.24, 2.45) is 0 Å². The molecular weight excluding hydrogens is 1400 g/mol. The van der Waals surface area contributed by atoms with Gasteiger partial charge in [-0.2, -0.15) is 60.3 Å². The van der Waals surface area contributed by atoms with E-state index in [1.165, 1.54) is 34.8 Å². The Labute approximate surface area is 631 Å². The number of methoxy groups -OCH3 is 2. The van der Waals surface area contributed by atoms with Crippen molar-refractivity contribution in [3.05, 3.63) is 181 Å². The van der Waals surface area contributed by atoms with Crippen LogP contribution in [0.15, 0.2) is 147 Å². The summed E-state index contributed by atoms with van der Waals surface area (Å²) in [6.07, 6.45) is 14.4. The minimum Gasteiger partial charge on any atom is -1.00 e. The second kappa shape index (κ2) is 40.5. The summed E-state index contributed by atoms with van der Waals surface area (Å²) in [4.78, 5) is 81.4. The van der Waals surface area contributed by atoms with Crippen LogP contribution in [0.2, 0.25) is 0 Å². The number of benzene rings is 3. The van der Waals surface area contributed by atoms with E-state index in [0.717, 1.165) is 0 Å². The third kappa shape index (κ3) is 23.0. The molecule has 0 aliphatic rings. The molecule has 3 amide bonds. The van der Waals surface area contributed by atoms with Crippen molar-refractivity contribution in [2.75, 3.05) is 59.4 Å². The van der Waals surface area contributed by atoms with Gasteiger partial charge in [0.1, 0.15) is 11.3 Å². The zero-order valence-electron chi connectivity index (χ0n) is 51.3. The number of hydrogen-bond donors (Lipinski definition) is 2. The van der Waals surface area contributed by atoms with Crippen LogP contribution in [-0.4, -0.2) is 190 Å². The van der Waals surface area contributed by atoms with Crippen molar-refractivity contribution in [3.63, 3.8) is 0 Å². The maximum atomic E-state index is 13.1. The molecule has 0 bridgehead atoms. The molecule has 456 valence electrons. The topological polar surface area (TPSA) is 340 Å². The van der Waals surface area contributed by atoms with Crippen LogP contribution in [0.3, 0.4) is 0 Å². The van der Waals surface area contributed by atoms with Crippen molar-refractivity contribution >= 4 is 47.7 Å². The van der Waals surface area contributed by atoms with Crippen LogP contribution in [0, 0.1) is 0 Å². The quantitative estimate of drug-likeness (QED) is 0.0258. The summed E-state index contributed by atoms with van der Waals surface area (Å²) < 4.78 is 12.4. The van der Waals surface area contributed by atoms with Gasteiger partial charge in [-0.05, 0) is 89.2 Å². The zero-order chi connectivity index (χ0) is 62.4. The predicted molar refractivity (Wildman–Crippen MR) is 309 cm³/mol. The molecule has 0 unspecified atom stereocenters. The number of aromatic nitrogens is 15. The fourth-order valence-corrected chi connectivity index (χ4v) is 7.97. The molecule has 3 aromatic carbocycles. The Morgan fingerprint density at radius 3 is 1.30 bits per heavy atom. The number of hydrogen-bond acceptors (Lipinski definition) is 20. The molecule has 0 aliphatic heterocycles.